The fourth-order valence-electron chi connectivity index (χ4n) is 2.37. The van der Waals surface area contributed by atoms with E-state index < -0.39 is 0 Å². The monoisotopic (exact) mass is 213 g/mol. The minimum Gasteiger partial charge on any atom is -0.304 e. The highest BCUT2D eigenvalue weighted by Crippen LogP contribution is 2.29. The Balaban J connectivity index is 1.94. The van der Waals surface area contributed by atoms with E-state index in [1.54, 1.807) is 6.33 Å². The molecule has 1 aromatic rings. The van der Waals surface area contributed by atoms with Gasteiger partial charge in [0.15, 0.2) is 0 Å². The second kappa shape index (κ2) is 4.30. The van der Waals surface area contributed by atoms with E-state index in [1.807, 2.05) is 4.57 Å². The molecule has 14 heavy (non-hydrogen) atoms. The molecule has 1 aliphatic carbocycles. The molecule has 78 valence electrons. The second-order valence-corrected chi connectivity index (χ2v) is 4.73. The average Bonchev–Trinajstić information content (AvgIpc) is 2.52. The fraction of sp³-hybridized carbons (Fsp3) is 0.800. The van der Waals surface area contributed by atoms with Crippen LogP contribution >= 0.6 is 11.6 Å². The standard InChI is InChI=1S/C10H16ClN3/c1-8-3-2-4-9(5-8)6-14-7-12-13-10(14)11/h7-9H,2-6H2,1H3. The lowest BCUT2D eigenvalue weighted by Crippen LogP contribution is -2.18. The number of hydrogen-bond acceptors (Lipinski definition) is 2. The van der Waals surface area contributed by atoms with Gasteiger partial charge in [0, 0.05) is 6.54 Å². The first kappa shape index (κ1) is 9.97. The fourth-order valence-corrected chi connectivity index (χ4v) is 2.52. The van der Waals surface area contributed by atoms with Crippen LogP contribution in [0.25, 0.3) is 0 Å². The highest BCUT2D eigenvalue weighted by atomic mass is 35.5. The molecule has 0 spiro atoms. The Bertz CT molecular complexity index is 297. The Morgan fingerprint density at radius 3 is 3.07 bits per heavy atom. The summed E-state index contributed by atoms with van der Waals surface area (Å²) in [5.41, 5.74) is 0. The van der Waals surface area contributed by atoms with Gasteiger partial charge in [-0.25, -0.2) is 0 Å². The van der Waals surface area contributed by atoms with Gasteiger partial charge in [0.05, 0.1) is 0 Å². The maximum atomic E-state index is 5.88. The molecule has 3 nitrogen and oxygen atoms in total. The number of halogens is 1. The summed E-state index contributed by atoms with van der Waals surface area (Å²) < 4.78 is 1.95. The van der Waals surface area contributed by atoms with E-state index in [9.17, 15) is 0 Å². The van der Waals surface area contributed by atoms with Gasteiger partial charge >= 0.3 is 0 Å². The van der Waals surface area contributed by atoms with Gasteiger partial charge in [-0.15, -0.1) is 10.2 Å². The molecule has 0 radical (unpaired) electrons. The minimum absolute atomic E-state index is 0.517. The summed E-state index contributed by atoms with van der Waals surface area (Å²) in [5, 5.41) is 8.08. The largest absolute Gasteiger partial charge is 0.304 e. The molecule has 2 rings (SSSR count). The van der Waals surface area contributed by atoms with Crippen molar-refractivity contribution in [3.05, 3.63) is 11.6 Å². The van der Waals surface area contributed by atoms with Crippen LogP contribution in [0.4, 0.5) is 0 Å². The molecular formula is C10H16ClN3. The van der Waals surface area contributed by atoms with Crippen molar-refractivity contribution in [2.24, 2.45) is 11.8 Å². The summed E-state index contributed by atoms with van der Waals surface area (Å²) in [5.74, 6) is 1.62. The van der Waals surface area contributed by atoms with E-state index in [4.69, 9.17) is 11.6 Å². The van der Waals surface area contributed by atoms with E-state index in [-0.39, 0.29) is 0 Å². The normalized spacial score (nSPS) is 27.9. The van der Waals surface area contributed by atoms with E-state index in [2.05, 4.69) is 17.1 Å². The van der Waals surface area contributed by atoms with Crippen LogP contribution in [0.5, 0.6) is 0 Å². The molecule has 0 N–H and O–H groups in total. The molecule has 0 amide bonds. The summed E-state index contributed by atoms with van der Waals surface area (Å²) in [7, 11) is 0. The zero-order valence-electron chi connectivity index (χ0n) is 8.49. The molecule has 1 fully saturated rings. The minimum atomic E-state index is 0.517. The molecule has 2 unspecified atom stereocenters. The predicted octanol–water partition coefficient (Wildman–Crippen LogP) is 2.76. The first-order valence-electron chi connectivity index (χ1n) is 5.29. The summed E-state index contributed by atoms with van der Waals surface area (Å²) in [6, 6.07) is 0. The number of rotatable bonds is 2. The van der Waals surface area contributed by atoms with Gasteiger partial charge in [0.2, 0.25) is 5.28 Å². The third kappa shape index (κ3) is 2.27. The summed E-state index contributed by atoms with van der Waals surface area (Å²) in [4.78, 5) is 0. The van der Waals surface area contributed by atoms with E-state index >= 15 is 0 Å². The van der Waals surface area contributed by atoms with Crippen molar-refractivity contribution >= 4 is 11.6 Å². The molecule has 1 aromatic heterocycles. The van der Waals surface area contributed by atoms with Crippen molar-refractivity contribution in [3.8, 4) is 0 Å². The Labute approximate surface area is 89.5 Å². The summed E-state index contributed by atoms with van der Waals surface area (Å²) >= 11 is 5.88. The number of aromatic nitrogens is 3. The molecule has 4 heteroatoms. The molecular weight excluding hydrogens is 198 g/mol. The van der Waals surface area contributed by atoms with Gasteiger partial charge in [-0.05, 0) is 36.3 Å². The lowest BCUT2D eigenvalue weighted by molar-refractivity contribution is 0.257. The van der Waals surface area contributed by atoms with Gasteiger partial charge in [0.1, 0.15) is 6.33 Å². The maximum Gasteiger partial charge on any atom is 0.224 e. The van der Waals surface area contributed by atoms with E-state index in [1.165, 1.54) is 25.7 Å². The third-order valence-electron chi connectivity index (χ3n) is 3.07. The molecule has 1 aliphatic rings. The van der Waals surface area contributed by atoms with Gasteiger partial charge < -0.3 is 4.57 Å². The van der Waals surface area contributed by atoms with Crippen molar-refractivity contribution < 1.29 is 0 Å². The lowest BCUT2D eigenvalue weighted by Gasteiger charge is -2.26. The van der Waals surface area contributed by atoms with Crippen LogP contribution in [0.2, 0.25) is 5.28 Å². The van der Waals surface area contributed by atoms with Crippen LogP contribution in [0.3, 0.4) is 0 Å². The highest BCUT2D eigenvalue weighted by Gasteiger charge is 2.19. The Morgan fingerprint density at radius 2 is 2.43 bits per heavy atom. The Hall–Kier alpha value is -0.570. The first-order chi connectivity index (χ1) is 6.75. The van der Waals surface area contributed by atoms with Crippen LogP contribution in [-0.4, -0.2) is 14.8 Å². The second-order valence-electron chi connectivity index (χ2n) is 4.39. The molecule has 0 aromatic carbocycles. The zero-order valence-corrected chi connectivity index (χ0v) is 9.24. The SMILES string of the molecule is CC1CCCC(Cn2cnnc2Cl)C1. The van der Waals surface area contributed by atoms with Crippen molar-refractivity contribution in [1.29, 1.82) is 0 Å². The van der Waals surface area contributed by atoms with Gasteiger partial charge in [-0.3, -0.25) is 0 Å². The molecule has 1 heterocycles. The van der Waals surface area contributed by atoms with Crippen molar-refractivity contribution in [3.63, 3.8) is 0 Å². The van der Waals surface area contributed by atoms with Gasteiger partial charge in [-0.2, -0.15) is 0 Å². The summed E-state index contributed by atoms with van der Waals surface area (Å²) in [6.45, 7) is 3.32. The van der Waals surface area contributed by atoms with E-state index in [0.717, 1.165) is 18.4 Å². The van der Waals surface area contributed by atoms with Crippen LogP contribution in [0, 0.1) is 11.8 Å². The third-order valence-corrected chi connectivity index (χ3v) is 3.36. The topological polar surface area (TPSA) is 30.7 Å². The number of hydrogen-bond donors (Lipinski definition) is 0. The quantitative estimate of drug-likeness (QED) is 0.757. The molecule has 2 atom stereocenters. The Kier molecular flexibility index (Phi) is 3.06. The lowest BCUT2D eigenvalue weighted by atomic mass is 9.82. The average molecular weight is 214 g/mol. The van der Waals surface area contributed by atoms with Crippen LogP contribution in [-0.2, 0) is 6.54 Å². The van der Waals surface area contributed by atoms with Crippen molar-refractivity contribution in [2.45, 2.75) is 39.2 Å². The zero-order chi connectivity index (χ0) is 9.97. The molecule has 1 saturated carbocycles. The van der Waals surface area contributed by atoms with Gasteiger partial charge in [-0.1, -0.05) is 19.8 Å². The number of nitrogens with zero attached hydrogens (tertiary/aromatic N) is 3. The first-order valence-corrected chi connectivity index (χ1v) is 5.67. The van der Waals surface area contributed by atoms with Gasteiger partial charge in [0.25, 0.3) is 0 Å². The highest BCUT2D eigenvalue weighted by molar-refractivity contribution is 6.28. The maximum absolute atomic E-state index is 5.88. The van der Waals surface area contributed by atoms with Crippen molar-refractivity contribution in [2.75, 3.05) is 0 Å². The Morgan fingerprint density at radius 1 is 1.57 bits per heavy atom. The van der Waals surface area contributed by atoms with E-state index in [0.29, 0.717) is 5.28 Å². The smallest absolute Gasteiger partial charge is 0.224 e. The summed E-state index contributed by atoms with van der Waals surface area (Å²) in [6.07, 6.45) is 7.09. The predicted molar refractivity (Wildman–Crippen MR) is 56.2 cm³/mol. The van der Waals surface area contributed by atoms with Crippen LogP contribution < -0.4 is 0 Å². The molecule has 0 aliphatic heterocycles. The van der Waals surface area contributed by atoms with Crippen molar-refractivity contribution in [1.82, 2.24) is 14.8 Å². The van der Waals surface area contributed by atoms with Crippen LogP contribution in [0.15, 0.2) is 6.33 Å². The molecule has 0 saturated heterocycles. The van der Waals surface area contributed by atoms with Crippen LogP contribution in [0.1, 0.15) is 32.6 Å². The molecule has 0 bridgehead atoms.